The Kier molecular flexibility index (Phi) is 8.43. The van der Waals surface area contributed by atoms with Crippen LogP contribution in [0, 0.1) is 0 Å². The third-order valence-corrected chi connectivity index (χ3v) is 4.39. The Balaban J connectivity index is 0.00000300. The molecule has 0 bridgehead atoms. The van der Waals surface area contributed by atoms with E-state index in [-0.39, 0.29) is 30.5 Å². The van der Waals surface area contributed by atoms with Crippen molar-refractivity contribution in [1.29, 1.82) is 0 Å². The molecule has 0 fully saturated rings. The van der Waals surface area contributed by atoms with Crippen molar-refractivity contribution in [2.75, 3.05) is 13.1 Å². The molecule has 13 heteroatoms. The average Bonchev–Trinajstić information content (AvgIpc) is 3.39. The molecular weight excluding hydrogens is 522 g/mol. The monoisotopic (exact) mass is 541 g/mol. The van der Waals surface area contributed by atoms with E-state index in [1.54, 1.807) is 12.1 Å². The Labute approximate surface area is 185 Å². The lowest BCUT2D eigenvalue weighted by atomic mass is 10.4. The zero-order chi connectivity index (χ0) is 20.0. The van der Waals surface area contributed by atoms with E-state index in [2.05, 4.69) is 35.8 Å². The summed E-state index contributed by atoms with van der Waals surface area (Å²) in [5, 5.41) is 14.4. The van der Waals surface area contributed by atoms with Gasteiger partial charge in [-0.05, 0) is 19.1 Å². The molecule has 0 atom stereocenters. The average molecular weight is 541 g/mol. The molecule has 0 aliphatic rings. The van der Waals surface area contributed by atoms with Gasteiger partial charge in [0, 0.05) is 24.9 Å². The third-order valence-electron chi connectivity index (χ3n) is 3.48. The Hall–Kier alpha value is -2.16. The molecule has 3 heterocycles. The van der Waals surface area contributed by atoms with Crippen LogP contribution < -0.4 is 10.6 Å². The molecule has 3 aromatic rings. The van der Waals surface area contributed by atoms with Crippen LogP contribution in [-0.2, 0) is 19.1 Å². The second-order valence-electron chi connectivity index (χ2n) is 5.58. The van der Waals surface area contributed by atoms with Crippen molar-refractivity contribution in [3.63, 3.8) is 0 Å². The lowest BCUT2D eigenvalue weighted by molar-refractivity contribution is -0.140. The van der Waals surface area contributed by atoms with Crippen LogP contribution in [0.1, 0.15) is 23.4 Å². The first-order valence-corrected chi connectivity index (χ1v) is 9.32. The summed E-state index contributed by atoms with van der Waals surface area (Å²) in [4.78, 5) is 12.3. The van der Waals surface area contributed by atoms with Crippen LogP contribution in [0.4, 0.5) is 13.2 Å². The summed E-state index contributed by atoms with van der Waals surface area (Å²) >= 11 is 0.990. The molecule has 0 aromatic carbocycles. The van der Waals surface area contributed by atoms with Gasteiger partial charge in [-0.3, -0.25) is 5.10 Å². The molecule has 29 heavy (non-hydrogen) atoms. The van der Waals surface area contributed by atoms with Crippen molar-refractivity contribution in [1.82, 2.24) is 30.8 Å². The van der Waals surface area contributed by atoms with Gasteiger partial charge in [0.25, 0.3) is 0 Å². The van der Waals surface area contributed by atoms with Gasteiger partial charge < -0.3 is 15.1 Å². The molecule has 0 saturated heterocycles. The number of halogens is 4. The fourth-order valence-electron chi connectivity index (χ4n) is 2.22. The minimum Gasteiger partial charge on any atom is -0.461 e. The highest BCUT2D eigenvalue weighted by Gasteiger charge is 2.33. The summed E-state index contributed by atoms with van der Waals surface area (Å²) in [5.74, 6) is 2.07. The number of H-pyrrole nitrogens is 1. The highest BCUT2D eigenvalue weighted by molar-refractivity contribution is 14.0. The minimum atomic E-state index is -4.41. The zero-order valence-corrected chi connectivity index (χ0v) is 18.4. The predicted octanol–water partition coefficient (Wildman–Crippen LogP) is 3.46. The molecule has 3 rings (SSSR count). The fourth-order valence-corrected chi connectivity index (χ4v) is 3.03. The smallest absolute Gasteiger partial charge is 0.434 e. The van der Waals surface area contributed by atoms with E-state index in [0.717, 1.165) is 16.7 Å². The number of hydrogen-bond donors (Lipinski definition) is 3. The number of aromatic amines is 1. The lowest BCUT2D eigenvalue weighted by Crippen LogP contribution is -2.38. The van der Waals surface area contributed by atoms with E-state index in [1.807, 2.05) is 6.92 Å². The number of hydrogen-bond acceptors (Lipinski definition) is 6. The summed E-state index contributed by atoms with van der Waals surface area (Å²) in [6.07, 6.45) is -2.52. The van der Waals surface area contributed by atoms with E-state index in [0.29, 0.717) is 47.9 Å². The van der Waals surface area contributed by atoms with E-state index >= 15 is 0 Å². The first kappa shape index (κ1) is 23.1. The van der Waals surface area contributed by atoms with Gasteiger partial charge in [-0.2, -0.15) is 13.2 Å². The first-order chi connectivity index (χ1) is 13.5. The zero-order valence-electron chi connectivity index (χ0n) is 15.3. The quantitative estimate of drug-likeness (QED) is 0.241. The fraction of sp³-hybridized carbons (Fsp3) is 0.375. The van der Waals surface area contributed by atoms with Crippen molar-refractivity contribution in [3.05, 3.63) is 40.3 Å². The Morgan fingerprint density at radius 1 is 1.31 bits per heavy atom. The van der Waals surface area contributed by atoms with Gasteiger partial charge in [0.2, 0.25) is 5.82 Å². The summed E-state index contributed by atoms with van der Waals surface area (Å²) in [7, 11) is 0. The van der Waals surface area contributed by atoms with Crippen molar-refractivity contribution >= 4 is 41.3 Å². The van der Waals surface area contributed by atoms with Crippen molar-refractivity contribution in [2.45, 2.75) is 26.1 Å². The Morgan fingerprint density at radius 3 is 2.79 bits per heavy atom. The van der Waals surface area contributed by atoms with Crippen LogP contribution in [0.15, 0.2) is 33.2 Å². The summed E-state index contributed by atoms with van der Waals surface area (Å²) in [6.45, 7) is 3.19. The summed E-state index contributed by atoms with van der Waals surface area (Å²) in [5.41, 5.74) is -0.856. The number of nitrogens with one attached hydrogen (secondary N) is 3. The molecular formula is C16H19F3IN7OS. The number of alkyl halides is 3. The number of rotatable bonds is 7. The van der Waals surface area contributed by atoms with E-state index in [4.69, 9.17) is 4.42 Å². The molecule has 0 aliphatic heterocycles. The number of nitrogens with zero attached hydrogens (tertiary/aromatic N) is 4. The maximum absolute atomic E-state index is 12.6. The van der Waals surface area contributed by atoms with Gasteiger partial charge in [-0.25, -0.2) is 15.0 Å². The third kappa shape index (κ3) is 6.69. The van der Waals surface area contributed by atoms with E-state index in [9.17, 15) is 13.2 Å². The summed E-state index contributed by atoms with van der Waals surface area (Å²) in [6, 6.07) is 3.50. The molecule has 3 N–H and O–H groups in total. The van der Waals surface area contributed by atoms with Gasteiger partial charge in [-0.1, -0.05) is 0 Å². The molecule has 0 radical (unpaired) electrons. The second-order valence-corrected chi connectivity index (χ2v) is 6.52. The molecule has 0 aliphatic carbocycles. The molecule has 3 aromatic heterocycles. The standard InChI is InChI=1S/C16H18F3N7OS.HI/c1-2-20-15(21-6-5-13-23-11(9-28-13)16(17,18)19)22-8-12-24-14(26-25-12)10-4-3-7-27-10;/h3-4,7,9H,2,5-6,8H2,1H3,(H2,20,21,22)(H,24,25,26);1H. The van der Waals surface area contributed by atoms with Crippen LogP contribution in [0.3, 0.4) is 0 Å². The van der Waals surface area contributed by atoms with Crippen LogP contribution in [0.25, 0.3) is 11.6 Å². The Morgan fingerprint density at radius 2 is 2.14 bits per heavy atom. The number of aliphatic imine (C=N–C) groups is 1. The number of guanidine groups is 1. The van der Waals surface area contributed by atoms with Crippen molar-refractivity contribution < 1.29 is 17.6 Å². The minimum absolute atomic E-state index is 0. The molecule has 0 saturated carbocycles. The molecule has 0 amide bonds. The molecule has 158 valence electrons. The summed E-state index contributed by atoms with van der Waals surface area (Å²) < 4.78 is 43.0. The van der Waals surface area contributed by atoms with E-state index < -0.39 is 11.9 Å². The van der Waals surface area contributed by atoms with E-state index in [1.165, 1.54) is 6.26 Å². The lowest BCUT2D eigenvalue weighted by Gasteiger charge is -2.10. The SMILES string of the molecule is CCNC(=NCc1nc(-c2ccco2)n[nH]1)NCCc1nc(C(F)(F)F)cs1.I. The van der Waals surface area contributed by atoms with Gasteiger partial charge >= 0.3 is 6.18 Å². The maximum atomic E-state index is 12.6. The van der Waals surface area contributed by atoms with Gasteiger partial charge in [0.1, 0.15) is 12.4 Å². The first-order valence-electron chi connectivity index (χ1n) is 8.44. The second kappa shape index (κ2) is 10.6. The van der Waals surface area contributed by atoms with Crippen LogP contribution >= 0.6 is 35.3 Å². The topological polar surface area (TPSA) is 104 Å². The Bertz CT molecular complexity index is 908. The van der Waals surface area contributed by atoms with Crippen molar-refractivity contribution in [2.24, 2.45) is 4.99 Å². The van der Waals surface area contributed by atoms with Crippen LogP contribution in [-0.4, -0.2) is 39.2 Å². The predicted molar refractivity (Wildman–Crippen MR) is 113 cm³/mol. The highest BCUT2D eigenvalue weighted by Crippen LogP contribution is 2.30. The number of aromatic nitrogens is 4. The normalized spacial score (nSPS) is 11.9. The molecule has 0 unspecified atom stereocenters. The van der Waals surface area contributed by atoms with Gasteiger partial charge in [0.05, 0.1) is 11.3 Å². The molecule has 0 spiro atoms. The largest absolute Gasteiger partial charge is 0.461 e. The maximum Gasteiger partial charge on any atom is 0.434 e. The van der Waals surface area contributed by atoms with Gasteiger partial charge in [0.15, 0.2) is 17.4 Å². The number of thiazole rings is 1. The van der Waals surface area contributed by atoms with Crippen molar-refractivity contribution in [3.8, 4) is 11.6 Å². The molecule has 8 nitrogen and oxygen atoms in total. The number of furan rings is 1. The van der Waals surface area contributed by atoms with Crippen LogP contribution in [0.5, 0.6) is 0 Å². The van der Waals surface area contributed by atoms with Crippen LogP contribution in [0.2, 0.25) is 0 Å². The highest BCUT2D eigenvalue weighted by atomic mass is 127. The van der Waals surface area contributed by atoms with Gasteiger partial charge in [-0.15, -0.1) is 40.4 Å².